The Balaban J connectivity index is 1.32. The van der Waals surface area contributed by atoms with Gasteiger partial charge in [0, 0.05) is 13.0 Å². The van der Waals surface area contributed by atoms with Crippen LogP contribution in [-0.2, 0) is 32.1 Å². The van der Waals surface area contributed by atoms with E-state index >= 15 is 0 Å². The van der Waals surface area contributed by atoms with Crippen LogP contribution in [0.1, 0.15) is 50.2 Å². The lowest BCUT2D eigenvalue weighted by Crippen LogP contribution is -2.65. The van der Waals surface area contributed by atoms with Crippen LogP contribution < -0.4 is 10.6 Å². The largest absolute Gasteiger partial charge is 0.343 e. The zero-order chi connectivity index (χ0) is 31.5. The third kappa shape index (κ3) is 6.45. The normalized spacial score (nSPS) is 22.0. The van der Waals surface area contributed by atoms with Gasteiger partial charge in [0.05, 0.1) is 12.6 Å². The van der Waals surface area contributed by atoms with E-state index in [1.807, 2.05) is 60.7 Å². The lowest BCUT2D eigenvalue weighted by atomic mass is 9.83. The maximum absolute atomic E-state index is 14.5. The van der Waals surface area contributed by atoms with Crippen molar-refractivity contribution in [1.29, 1.82) is 0 Å². The molecule has 2 saturated heterocycles. The lowest BCUT2D eigenvalue weighted by Gasteiger charge is -2.45. The molecule has 3 aromatic carbocycles. The average molecular weight is 610 g/mol. The second-order valence-corrected chi connectivity index (χ2v) is 12.7. The number of rotatable bonds is 9. The van der Waals surface area contributed by atoms with Crippen LogP contribution >= 0.6 is 0 Å². The van der Waals surface area contributed by atoms with Crippen molar-refractivity contribution in [1.82, 2.24) is 25.3 Å². The molecule has 236 valence electrons. The molecule has 3 fully saturated rings. The first kappa shape index (κ1) is 30.8. The Kier molecular flexibility index (Phi) is 9.16. The zero-order valence-corrected chi connectivity index (χ0v) is 26.2. The average Bonchev–Trinajstić information content (AvgIpc) is 3.40. The fraction of sp³-hybridized carbons (Fsp3) is 0.444. The second kappa shape index (κ2) is 13.4. The van der Waals surface area contributed by atoms with Crippen molar-refractivity contribution in [2.75, 3.05) is 20.1 Å². The maximum Gasteiger partial charge on any atom is 0.247 e. The number of nitrogens with zero attached hydrogens (tertiary/aromatic N) is 3. The monoisotopic (exact) mass is 609 g/mol. The summed E-state index contributed by atoms with van der Waals surface area (Å²) in [6.45, 7) is 2.27. The van der Waals surface area contributed by atoms with Crippen LogP contribution in [-0.4, -0.2) is 82.8 Å². The van der Waals surface area contributed by atoms with E-state index in [-0.39, 0.29) is 42.6 Å². The molecule has 0 aromatic heterocycles. The van der Waals surface area contributed by atoms with Gasteiger partial charge in [0.15, 0.2) is 0 Å². The summed E-state index contributed by atoms with van der Waals surface area (Å²) in [5, 5.41) is 8.19. The molecule has 2 N–H and O–H groups in total. The van der Waals surface area contributed by atoms with E-state index in [0.29, 0.717) is 13.0 Å². The molecule has 6 rings (SSSR count). The van der Waals surface area contributed by atoms with Crippen molar-refractivity contribution >= 4 is 34.4 Å². The predicted molar refractivity (Wildman–Crippen MR) is 173 cm³/mol. The van der Waals surface area contributed by atoms with E-state index in [2.05, 4.69) is 22.8 Å². The first-order chi connectivity index (χ1) is 21.8. The Hall–Kier alpha value is -4.24. The van der Waals surface area contributed by atoms with Crippen molar-refractivity contribution in [3.63, 3.8) is 0 Å². The Morgan fingerprint density at radius 3 is 2.33 bits per heavy atom. The number of benzene rings is 3. The highest BCUT2D eigenvalue weighted by molar-refractivity contribution is 5.97. The molecule has 45 heavy (non-hydrogen) atoms. The molecule has 0 spiro atoms. The molecule has 1 aliphatic carbocycles. The highest BCUT2D eigenvalue weighted by atomic mass is 16.2. The highest BCUT2D eigenvalue weighted by Crippen LogP contribution is 2.33. The summed E-state index contributed by atoms with van der Waals surface area (Å²) in [5.74, 6) is -0.821. The summed E-state index contributed by atoms with van der Waals surface area (Å²) >= 11 is 0. The molecule has 1 saturated carbocycles. The lowest BCUT2D eigenvalue weighted by molar-refractivity contribution is -0.157. The van der Waals surface area contributed by atoms with E-state index in [0.717, 1.165) is 54.0 Å². The SMILES string of the molecule is CNC(C)C(=O)N[C@H](C(=O)N1CC(=O)N2[C@@H]1CN(Cc1ccccc1)C(=O)[C@@H]2Cc1ccc2ccccc2c1)C1CCCCC1. The van der Waals surface area contributed by atoms with Gasteiger partial charge in [-0.15, -0.1) is 0 Å². The third-order valence-electron chi connectivity index (χ3n) is 9.84. The molecule has 9 nitrogen and oxygen atoms in total. The van der Waals surface area contributed by atoms with Gasteiger partial charge >= 0.3 is 0 Å². The second-order valence-electron chi connectivity index (χ2n) is 12.7. The Morgan fingerprint density at radius 2 is 1.60 bits per heavy atom. The van der Waals surface area contributed by atoms with Gasteiger partial charge in [-0.3, -0.25) is 19.2 Å². The summed E-state index contributed by atoms with van der Waals surface area (Å²) in [7, 11) is 1.72. The summed E-state index contributed by atoms with van der Waals surface area (Å²) in [6.07, 6.45) is 4.57. The Labute approximate surface area is 264 Å². The number of carbonyl (C=O) groups excluding carboxylic acids is 4. The van der Waals surface area contributed by atoms with Crippen LogP contribution in [0.15, 0.2) is 72.8 Å². The maximum atomic E-state index is 14.5. The summed E-state index contributed by atoms with van der Waals surface area (Å²) in [4.78, 5) is 60.5. The summed E-state index contributed by atoms with van der Waals surface area (Å²) < 4.78 is 0. The summed E-state index contributed by atoms with van der Waals surface area (Å²) in [5.41, 5.74) is 1.94. The van der Waals surface area contributed by atoms with Gasteiger partial charge in [-0.05, 0) is 54.6 Å². The molecule has 2 heterocycles. The van der Waals surface area contributed by atoms with Crippen LogP contribution in [0.25, 0.3) is 10.8 Å². The molecule has 1 unspecified atom stereocenters. The summed E-state index contributed by atoms with van der Waals surface area (Å²) in [6, 6.07) is 22.1. The van der Waals surface area contributed by atoms with Crippen LogP contribution in [0.3, 0.4) is 0 Å². The number of likely N-dealkylation sites (N-methyl/N-ethyl adjacent to an activating group) is 1. The molecule has 4 amide bonds. The smallest absolute Gasteiger partial charge is 0.247 e. The van der Waals surface area contributed by atoms with Crippen molar-refractivity contribution < 1.29 is 19.2 Å². The Morgan fingerprint density at radius 1 is 0.889 bits per heavy atom. The number of fused-ring (bicyclic) bond motifs is 2. The fourth-order valence-corrected chi connectivity index (χ4v) is 7.22. The third-order valence-corrected chi connectivity index (χ3v) is 9.84. The minimum Gasteiger partial charge on any atom is -0.343 e. The minimum absolute atomic E-state index is 0.00227. The standard InChI is InChI=1S/C36H43N5O4/c1-24(37-2)34(43)38-33(28-14-7-4-8-15-28)36(45)40-23-32(42)41-30(20-26-17-18-27-13-9-10-16-29(27)19-26)35(44)39(22-31(40)41)21-25-11-5-3-6-12-25/h3,5-6,9-13,16-19,24,28,30-31,33,37H,4,7-8,14-15,20-23H2,1-2H3,(H,38,43)/t24?,30-,31+,33-/m0/s1. The van der Waals surface area contributed by atoms with Crippen molar-refractivity contribution in [3.05, 3.63) is 83.9 Å². The number of nitrogens with one attached hydrogen (secondary N) is 2. The van der Waals surface area contributed by atoms with E-state index in [1.54, 1.807) is 28.7 Å². The van der Waals surface area contributed by atoms with Gasteiger partial charge in [-0.2, -0.15) is 0 Å². The van der Waals surface area contributed by atoms with Gasteiger partial charge in [0.25, 0.3) is 0 Å². The van der Waals surface area contributed by atoms with E-state index < -0.39 is 24.3 Å². The molecule has 0 bridgehead atoms. The van der Waals surface area contributed by atoms with Crippen LogP contribution in [0.5, 0.6) is 0 Å². The van der Waals surface area contributed by atoms with E-state index in [9.17, 15) is 19.2 Å². The van der Waals surface area contributed by atoms with Crippen LogP contribution in [0, 0.1) is 5.92 Å². The van der Waals surface area contributed by atoms with Gasteiger partial charge in [-0.25, -0.2) is 0 Å². The molecular weight excluding hydrogens is 566 g/mol. The predicted octanol–water partition coefficient (Wildman–Crippen LogP) is 3.46. The molecule has 2 aliphatic heterocycles. The first-order valence-electron chi connectivity index (χ1n) is 16.2. The van der Waals surface area contributed by atoms with Gasteiger partial charge in [0.1, 0.15) is 24.8 Å². The van der Waals surface area contributed by atoms with Crippen molar-refractivity contribution in [2.24, 2.45) is 5.92 Å². The zero-order valence-electron chi connectivity index (χ0n) is 26.2. The number of carbonyl (C=O) groups is 4. The topological polar surface area (TPSA) is 102 Å². The first-order valence-corrected chi connectivity index (χ1v) is 16.2. The van der Waals surface area contributed by atoms with Crippen LogP contribution in [0.4, 0.5) is 0 Å². The fourth-order valence-electron chi connectivity index (χ4n) is 7.22. The van der Waals surface area contributed by atoms with Gasteiger partial charge in [-0.1, -0.05) is 92.1 Å². The number of piperazine rings is 1. The van der Waals surface area contributed by atoms with E-state index in [1.165, 1.54) is 0 Å². The molecule has 4 atom stereocenters. The van der Waals surface area contributed by atoms with Gasteiger partial charge < -0.3 is 25.3 Å². The van der Waals surface area contributed by atoms with Gasteiger partial charge in [0.2, 0.25) is 23.6 Å². The number of amides is 4. The van der Waals surface area contributed by atoms with Crippen molar-refractivity contribution in [3.8, 4) is 0 Å². The molecular formula is C36H43N5O4. The molecule has 3 aliphatic rings. The van der Waals surface area contributed by atoms with E-state index in [4.69, 9.17) is 0 Å². The molecule has 3 aromatic rings. The Bertz CT molecular complexity index is 1560. The van der Waals surface area contributed by atoms with Crippen LogP contribution in [0.2, 0.25) is 0 Å². The molecule has 0 radical (unpaired) electrons. The highest BCUT2D eigenvalue weighted by Gasteiger charge is 2.52. The minimum atomic E-state index is -0.744. The van der Waals surface area contributed by atoms with Crippen molar-refractivity contribution in [2.45, 2.75) is 76.3 Å². The number of hydrogen-bond donors (Lipinski definition) is 2. The quantitative estimate of drug-likeness (QED) is 0.387. The molecule has 9 heteroatoms. The number of hydrogen-bond acceptors (Lipinski definition) is 5.